The lowest BCUT2D eigenvalue weighted by Crippen LogP contribution is -2.45. The van der Waals surface area contributed by atoms with E-state index in [0.29, 0.717) is 30.5 Å². The molecule has 1 fully saturated rings. The van der Waals surface area contributed by atoms with Gasteiger partial charge in [0.15, 0.2) is 0 Å². The number of halogens is 2. The molecule has 0 aliphatic carbocycles. The van der Waals surface area contributed by atoms with Crippen LogP contribution in [0.4, 0.5) is 9.18 Å². The summed E-state index contributed by atoms with van der Waals surface area (Å²) in [6.45, 7) is 1.53. The van der Waals surface area contributed by atoms with E-state index in [9.17, 15) is 14.0 Å². The van der Waals surface area contributed by atoms with Crippen molar-refractivity contribution < 1.29 is 14.0 Å². The molecular weight excluding hydrogens is 353 g/mol. The highest BCUT2D eigenvalue weighted by Gasteiger charge is 2.24. The number of piperidine rings is 1. The Labute approximate surface area is 137 Å². The van der Waals surface area contributed by atoms with Crippen LogP contribution in [0.15, 0.2) is 22.7 Å². The molecule has 2 rings (SSSR count). The number of amides is 3. The van der Waals surface area contributed by atoms with Crippen molar-refractivity contribution in [2.75, 3.05) is 13.1 Å². The molecular formula is C15H19BrFN3O2. The standard InChI is InChI=1S/C15H19BrFN3O2/c16-13-7-12(17)4-3-11(13)8-19-15(22)20-5-1-2-10(9-20)6-14(18)21/h3-4,7,10H,1-2,5-6,8-9H2,(H2,18,21)(H,19,22). The summed E-state index contributed by atoms with van der Waals surface area (Å²) in [5.74, 6) is -0.524. The molecule has 1 unspecified atom stereocenters. The number of carbonyl (C=O) groups is 2. The van der Waals surface area contributed by atoms with Crippen LogP contribution in [0, 0.1) is 11.7 Å². The molecule has 0 saturated carbocycles. The Bertz CT molecular complexity index is 568. The first kappa shape index (κ1) is 16.7. The average Bonchev–Trinajstić information content (AvgIpc) is 2.45. The van der Waals surface area contributed by atoms with Crippen molar-refractivity contribution >= 4 is 27.9 Å². The zero-order valence-electron chi connectivity index (χ0n) is 12.1. The summed E-state index contributed by atoms with van der Waals surface area (Å²) in [4.78, 5) is 24.9. The summed E-state index contributed by atoms with van der Waals surface area (Å²) < 4.78 is 13.6. The molecule has 1 heterocycles. The maximum atomic E-state index is 13.0. The molecule has 3 N–H and O–H groups in total. The van der Waals surface area contributed by atoms with Crippen molar-refractivity contribution in [2.45, 2.75) is 25.8 Å². The molecule has 5 nitrogen and oxygen atoms in total. The fourth-order valence-electron chi connectivity index (χ4n) is 2.65. The second kappa shape index (κ2) is 7.58. The van der Waals surface area contributed by atoms with Crippen LogP contribution in [0.2, 0.25) is 0 Å². The first-order valence-electron chi connectivity index (χ1n) is 7.20. The Morgan fingerprint density at radius 1 is 1.45 bits per heavy atom. The predicted molar refractivity (Wildman–Crippen MR) is 84.4 cm³/mol. The number of nitrogens with zero attached hydrogens (tertiary/aromatic N) is 1. The number of hydrogen-bond acceptors (Lipinski definition) is 2. The molecule has 0 aromatic heterocycles. The highest BCUT2D eigenvalue weighted by molar-refractivity contribution is 9.10. The number of rotatable bonds is 4. The predicted octanol–water partition coefficient (Wildman–Crippen LogP) is 2.39. The molecule has 1 aromatic rings. The zero-order valence-corrected chi connectivity index (χ0v) is 13.7. The van der Waals surface area contributed by atoms with Gasteiger partial charge in [-0.3, -0.25) is 4.79 Å². The first-order valence-corrected chi connectivity index (χ1v) is 8.00. The normalized spacial score (nSPS) is 18.1. The lowest BCUT2D eigenvalue weighted by atomic mass is 9.95. The first-order chi connectivity index (χ1) is 10.5. The van der Waals surface area contributed by atoms with Crippen molar-refractivity contribution in [3.63, 3.8) is 0 Å². The topological polar surface area (TPSA) is 75.4 Å². The molecule has 1 aliphatic heterocycles. The summed E-state index contributed by atoms with van der Waals surface area (Å²) in [5, 5.41) is 2.82. The summed E-state index contributed by atoms with van der Waals surface area (Å²) in [5.41, 5.74) is 6.02. The van der Waals surface area contributed by atoms with Gasteiger partial charge in [0.05, 0.1) is 0 Å². The van der Waals surface area contributed by atoms with Gasteiger partial charge in [-0.1, -0.05) is 22.0 Å². The SMILES string of the molecule is NC(=O)CC1CCCN(C(=O)NCc2ccc(F)cc2Br)C1. The molecule has 0 spiro atoms. The molecule has 0 radical (unpaired) electrons. The van der Waals surface area contributed by atoms with Crippen LogP contribution in [-0.2, 0) is 11.3 Å². The molecule has 3 amide bonds. The quantitative estimate of drug-likeness (QED) is 0.852. The third-order valence-electron chi connectivity index (χ3n) is 3.74. The smallest absolute Gasteiger partial charge is 0.317 e. The molecule has 1 saturated heterocycles. The summed E-state index contributed by atoms with van der Waals surface area (Å²) in [6.07, 6.45) is 2.09. The van der Waals surface area contributed by atoms with Gasteiger partial charge in [-0.05, 0) is 36.5 Å². The summed E-state index contributed by atoms with van der Waals surface area (Å²) in [7, 11) is 0. The van der Waals surface area contributed by atoms with Crippen molar-refractivity contribution in [1.82, 2.24) is 10.2 Å². The van der Waals surface area contributed by atoms with E-state index < -0.39 is 0 Å². The maximum Gasteiger partial charge on any atom is 0.317 e. The molecule has 1 aromatic carbocycles. The van der Waals surface area contributed by atoms with Gasteiger partial charge in [0, 0.05) is 30.5 Å². The summed E-state index contributed by atoms with van der Waals surface area (Å²) in [6, 6.07) is 4.18. The van der Waals surface area contributed by atoms with Gasteiger partial charge in [0.25, 0.3) is 0 Å². The lowest BCUT2D eigenvalue weighted by molar-refractivity contribution is -0.119. The number of urea groups is 1. The molecule has 22 heavy (non-hydrogen) atoms. The number of benzene rings is 1. The van der Waals surface area contributed by atoms with Crippen LogP contribution in [0.3, 0.4) is 0 Å². The number of nitrogens with two attached hydrogens (primary N) is 1. The average molecular weight is 372 g/mol. The van der Waals surface area contributed by atoms with E-state index in [0.717, 1.165) is 18.4 Å². The van der Waals surface area contributed by atoms with Gasteiger partial charge in [0.1, 0.15) is 5.82 Å². The van der Waals surface area contributed by atoms with E-state index in [1.165, 1.54) is 12.1 Å². The third kappa shape index (κ3) is 4.69. The number of nitrogens with one attached hydrogen (secondary N) is 1. The second-order valence-electron chi connectivity index (χ2n) is 5.52. The Balaban J connectivity index is 1.87. The minimum Gasteiger partial charge on any atom is -0.370 e. The van der Waals surface area contributed by atoms with E-state index in [2.05, 4.69) is 21.2 Å². The third-order valence-corrected chi connectivity index (χ3v) is 4.48. The number of likely N-dealkylation sites (tertiary alicyclic amines) is 1. The van der Waals surface area contributed by atoms with Gasteiger partial charge in [-0.25, -0.2) is 9.18 Å². The van der Waals surface area contributed by atoms with Crippen molar-refractivity contribution in [1.29, 1.82) is 0 Å². The Morgan fingerprint density at radius 3 is 2.91 bits per heavy atom. The number of primary amides is 1. The van der Waals surface area contributed by atoms with Crippen LogP contribution >= 0.6 is 15.9 Å². The molecule has 1 atom stereocenters. The van der Waals surface area contributed by atoms with Crippen LogP contribution in [0.5, 0.6) is 0 Å². The summed E-state index contributed by atoms with van der Waals surface area (Å²) >= 11 is 3.27. The second-order valence-corrected chi connectivity index (χ2v) is 6.37. The molecule has 7 heteroatoms. The Kier molecular flexibility index (Phi) is 5.76. The van der Waals surface area contributed by atoms with Crippen molar-refractivity contribution in [2.24, 2.45) is 11.7 Å². The zero-order chi connectivity index (χ0) is 16.1. The van der Waals surface area contributed by atoms with Crippen LogP contribution in [-0.4, -0.2) is 29.9 Å². The maximum absolute atomic E-state index is 13.0. The minimum atomic E-state index is -0.331. The monoisotopic (exact) mass is 371 g/mol. The Morgan fingerprint density at radius 2 is 2.23 bits per heavy atom. The van der Waals surface area contributed by atoms with Gasteiger partial charge >= 0.3 is 6.03 Å². The van der Waals surface area contributed by atoms with E-state index in [1.807, 2.05) is 0 Å². The van der Waals surface area contributed by atoms with Crippen LogP contribution in [0.25, 0.3) is 0 Å². The van der Waals surface area contributed by atoms with Crippen LogP contribution in [0.1, 0.15) is 24.8 Å². The van der Waals surface area contributed by atoms with Gasteiger partial charge < -0.3 is 16.0 Å². The van der Waals surface area contributed by atoms with E-state index in [-0.39, 0.29) is 23.7 Å². The fourth-order valence-corrected chi connectivity index (χ4v) is 3.14. The highest BCUT2D eigenvalue weighted by atomic mass is 79.9. The minimum absolute atomic E-state index is 0.134. The van der Waals surface area contributed by atoms with Gasteiger partial charge in [-0.2, -0.15) is 0 Å². The van der Waals surface area contributed by atoms with Gasteiger partial charge in [0.2, 0.25) is 5.91 Å². The highest BCUT2D eigenvalue weighted by Crippen LogP contribution is 2.20. The molecule has 0 bridgehead atoms. The van der Waals surface area contributed by atoms with Crippen molar-refractivity contribution in [3.8, 4) is 0 Å². The van der Waals surface area contributed by atoms with E-state index in [1.54, 1.807) is 11.0 Å². The van der Waals surface area contributed by atoms with E-state index >= 15 is 0 Å². The Hall–Kier alpha value is -1.63. The lowest BCUT2D eigenvalue weighted by Gasteiger charge is -2.32. The number of carbonyl (C=O) groups excluding carboxylic acids is 2. The number of hydrogen-bond donors (Lipinski definition) is 2. The fraction of sp³-hybridized carbons (Fsp3) is 0.467. The molecule has 120 valence electrons. The van der Waals surface area contributed by atoms with Gasteiger partial charge in [-0.15, -0.1) is 0 Å². The molecule has 1 aliphatic rings. The van der Waals surface area contributed by atoms with Crippen molar-refractivity contribution in [3.05, 3.63) is 34.1 Å². The largest absolute Gasteiger partial charge is 0.370 e. The van der Waals surface area contributed by atoms with E-state index in [4.69, 9.17) is 5.73 Å². The van der Waals surface area contributed by atoms with Crippen LogP contribution < -0.4 is 11.1 Å².